The van der Waals surface area contributed by atoms with Gasteiger partial charge in [0.05, 0.1) is 0 Å². The molecule has 5 nitrogen and oxygen atoms in total. The van der Waals surface area contributed by atoms with E-state index in [-0.39, 0.29) is 17.6 Å². The molecule has 0 radical (unpaired) electrons. The lowest BCUT2D eigenvalue weighted by molar-refractivity contribution is 0.0359. The van der Waals surface area contributed by atoms with Crippen LogP contribution in [0.15, 0.2) is 18.2 Å². The number of rotatable bonds is 2. The van der Waals surface area contributed by atoms with Crippen LogP contribution in [-0.2, 0) is 4.74 Å². The Kier molecular flexibility index (Phi) is 3.90. The van der Waals surface area contributed by atoms with Crippen LogP contribution in [0.25, 0.3) is 0 Å². The quantitative estimate of drug-likeness (QED) is 0.785. The van der Waals surface area contributed by atoms with Gasteiger partial charge in [-0.25, -0.2) is 4.98 Å². The molecular weight excluding hydrogens is 230 g/mol. The van der Waals surface area contributed by atoms with E-state index in [2.05, 4.69) is 4.98 Å². The number of nitrogens with zero attached hydrogens (tertiary/aromatic N) is 3. The summed E-state index contributed by atoms with van der Waals surface area (Å²) in [6.45, 7) is 1.38. The lowest BCUT2D eigenvalue weighted by atomic mass is 10.1. The Bertz CT molecular complexity index is 475. The molecule has 1 saturated heterocycles. The Balaban J connectivity index is 2.12. The van der Waals surface area contributed by atoms with Gasteiger partial charge in [0.15, 0.2) is 0 Å². The van der Waals surface area contributed by atoms with Crippen LogP contribution in [0.5, 0.6) is 0 Å². The van der Waals surface area contributed by atoms with Crippen LogP contribution in [0, 0.1) is 11.3 Å². The topological polar surface area (TPSA) is 66.2 Å². The van der Waals surface area contributed by atoms with Gasteiger partial charge in [-0.1, -0.05) is 6.07 Å². The summed E-state index contributed by atoms with van der Waals surface area (Å²) in [7, 11) is 1.78. The summed E-state index contributed by atoms with van der Waals surface area (Å²) in [6.07, 6.45) is 1.69. The van der Waals surface area contributed by atoms with E-state index in [0.717, 1.165) is 12.8 Å². The number of hydrogen-bond donors (Lipinski definition) is 0. The molecule has 2 rings (SSSR count). The Hall–Kier alpha value is -1.93. The van der Waals surface area contributed by atoms with Gasteiger partial charge in [-0.3, -0.25) is 4.79 Å². The molecule has 1 fully saturated rings. The zero-order valence-electron chi connectivity index (χ0n) is 10.3. The standard InChI is InChI=1S/C13H15N3O2/c1-16(11-5-7-18-8-6-11)13(17)12-4-2-3-10(9-14)15-12/h2-4,11H,5-8H2,1H3. The molecule has 1 aromatic rings. The molecule has 0 atom stereocenters. The minimum absolute atomic E-state index is 0.140. The number of ether oxygens (including phenoxy) is 1. The maximum Gasteiger partial charge on any atom is 0.272 e. The number of amides is 1. The fraction of sp³-hybridized carbons (Fsp3) is 0.462. The summed E-state index contributed by atoms with van der Waals surface area (Å²) in [5.41, 5.74) is 0.587. The first kappa shape index (κ1) is 12.5. The third-order valence-electron chi connectivity index (χ3n) is 3.14. The average molecular weight is 245 g/mol. The fourth-order valence-corrected chi connectivity index (χ4v) is 2.04. The van der Waals surface area contributed by atoms with Crippen molar-refractivity contribution in [2.24, 2.45) is 0 Å². The van der Waals surface area contributed by atoms with Gasteiger partial charge in [0.25, 0.3) is 5.91 Å². The molecule has 0 aliphatic carbocycles. The number of aromatic nitrogens is 1. The van der Waals surface area contributed by atoms with Crippen LogP contribution >= 0.6 is 0 Å². The van der Waals surface area contributed by atoms with Crippen LogP contribution in [0.1, 0.15) is 29.0 Å². The molecule has 0 aromatic carbocycles. The zero-order valence-corrected chi connectivity index (χ0v) is 10.3. The van der Waals surface area contributed by atoms with E-state index in [1.54, 1.807) is 30.1 Å². The molecular formula is C13H15N3O2. The molecule has 0 bridgehead atoms. The fourth-order valence-electron chi connectivity index (χ4n) is 2.04. The predicted molar refractivity (Wildman–Crippen MR) is 64.9 cm³/mol. The summed E-state index contributed by atoms with van der Waals surface area (Å²) < 4.78 is 5.28. The second-order valence-electron chi connectivity index (χ2n) is 4.28. The first-order chi connectivity index (χ1) is 8.72. The maximum atomic E-state index is 12.2. The number of hydrogen-bond acceptors (Lipinski definition) is 4. The molecule has 1 aromatic heterocycles. The third kappa shape index (κ3) is 2.66. The highest BCUT2D eigenvalue weighted by Gasteiger charge is 2.24. The first-order valence-electron chi connectivity index (χ1n) is 5.94. The molecule has 5 heteroatoms. The molecule has 0 spiro atoms. The number of carbonyl (C=O) groups is 1. The van der Waals surface area contributed by atoms with Crippen LogP contribution in [0.4, 0.5) is 0 Å². The third-order valence-corrected chi connectivity index (χ3v) is 3.14. The molecule has 1 aliphatic rings. The van der Waals surface area contributed by atoms with E-state index < -0.39 is 0 Å². The average Bonchev–Trinajstić information content (AvgIpc) is 2.46. The summed E-state index contributed by atoms with van der Waals surface area (Å²) in [6, 6.07) is 7.04. The summed E-state index contributed by atoms with van der Waals surface area (Å²) >= 11 is 0. The van der Waals surface area contributed by atoms with Crippen molar-refractivity contribution in [2.75, 3.05) is 20.3 Å². The highest BCUT2D eigenvalue weighted by atomic mass is 16.5. The van der Waals surface area contributed by atoms with Crippen LogP contribution < -0.4 is 0 Å². The molecule has 0 N–H and O–H groups in total. The lowest BCUT2D eigenvalue weighted by Crippen LogP contribution is -2.41. The van der Waals surface area contributed by atoms with Gasteiger partial charge in [-0.05, 0) is 25.0 Å². The Labute approximate surface area is 106 Å². The van der Waals surface area contributed by atoms with Gasteiger partial charge in [0.2, 0.25) is 0 Å². The minimum Gasteiger partial charge on any atom is -0.381 e. The number of nitriles is 1. The number of carbonyl (C=O) groups excluding carboxylic acids is 1. The Morgan fingerprint density at radius 3 is 2.89 bits per heavy atom. The van der Waals surface area contributed by atoms with Crippen LogP contribution in [-0.4, -0.2) is 42.1 Å². The van der Waals surface area contributed by atoms with E-state index in [0.29, 0.717) is 18.9 Å². The van der Waals surface area contributed by atoms with E-state index in [1.165, 1.54) is 0 Å². The van der Waals surface area contributed by atoms with E-state index >= 15 is 0 Å². The molecule has 1 amide bonds. The van der Waals surface area contributed by atoms with Crippen molar-refractivity contribution in [2.45, 2.75) is 18.9 Å². The van der Waals surface area contributed by atoms with Gasteiger partial charge in [0, 0.05) is 26.3 Å². The van der Waals surface area contributed by atoms with Crippen molar-refractivity contribution in [1.82, 2.24) is 9.88 Å². The van der Waals surface area contributed by atoms with Gasteiger partial charge < -0.3 is 9.64 Å². The molecule has 2 heterocycles. The van der Waals surface area contributed by atoms with Gasteiger partial charge in [-0.15, -0.1) is 0 Å². The van der Waals surface area contributed by atoms with Gasteiger partial charge in [-0.2, -0.15) is 5.26 Å². The van der Waals surface area contributed by atoms with Crippen LogP contribution in [0.3, 0.4) is 0 Å². The van der Waals surface area contributed by atoms with Gasteiger partial charge in [0.1, 0.15) is 17.5 Å². The highest BCUT2D eigenvalue weighted by molar-refractivity contribution is 5.92. The summed E-state index contributed by atoms with van der Waals surface area (Å²) in [5, 5.41) is 8.78. The van der Waals surface area contributed by atoms with E-state index in [9.17, 15) is 4.79 Å². The van der Waals surface area contributed by atoms with Crippen molar-refractivity contribution in [1.29, 1.82) is 5.26 Å². The Morgan fingerprint density at radius 2 is 2.22 bits per heavy atom. The lowest BCUT2D eigenvalue weighted by Gasteiger charge is -2.30. The monoisotopic (exact) mass is 245 g/mol. The molecule has 0 saturated carbocycles. The largest absolute Gasteiger partial charge is 0.381 e. The van der Waals surface area contributed by atoms with Crippen molar-refractivity contribution in [3.8, 4) is 6.07 Å². The van der Waals surface area contributed by atoms with Gasteiger partial charge >= 0.3 is 0 Å². The highest BCUT2D eigenvalue weighted by Crippen LogP contribution is 2.15. The van der Waals surface area contributed by atoms with Crippen molar-refractivity contribution >= 4 is 5.91 Å². The van der Waals surface area contributed by atoms with E-state index in [1.807, 2.05) is 6.07 Å². The van der Waals surface area contributed by atoms with E-state index in [4.69, 9.17) is 10.00 Å². The van der Waals surface area contributed by atoms with Crippen molar-refractivity contribution in [3.05, 3.63) is 29.6 Å². The smallest absolute Gasteiger partial charge is 0.272 e. The SMILES string of the molecule is CN(C(=O)c1cccc(C#N)n1)C1CCOCC1. The van der Waals surface area contributed by atoms with Crippen molar-refractivity contribution < 1.29 is 9.53 Å². The predicted octanol–water partition coefficient (Wildman–Crippen LogP) is 1.20. The minimum atomic E-state index is -0.140. The molecule has 1 aliphatic heterocycles. The first-order valence-corrected chi connectivity index (χ1v) is 5.94. The maximum absolute atomic E-state index is 12.2. The summed E-state index contributed by atoms with van der Waals surface area (Å²) in [4.78, 5) is 17.9. The van der Waals surface area contributed by atoms with Crippen LogP contribution in [0.2, 0.25) is 0 Å². The molecule has 94 valence electrons. The normalized spacial score (nSPS) is 16.0. The second-order valence-corrected chi connectivity index (χ2v) is 4.28. The summed E-state index contributed by atoms with van der Waals surface area (Å²) in [5.74, 6) is -0.140. The second kappa shape index (κ2) is 5.61. The zero-order chi connectivity index (χ0) is 13.0. The number of pyridine rings is 1. The molecule has 0 unspecified atom stereocenters. The molecule has 18 heavy (non-hydrogen) atoms. The van der Waals surface area contributed by atoms with Crippen molar-refractivity contribution in [3.63, 3.8) is 0 Å². The Morgan fingerprint density at radius 1 is 1.50 bits per heavy atom.